The largest absolute Gasteiger partial charge is 0.463 e. The summed E-state index contributed by atoms with van der Waals surface area (Å²) in [6.07, 6.45) is 4.31. The third-order valence-electron chi connectivity index (χ3n) is 2.76. The SMILES string of the molecule is CC(=O)OCC(NC(=O)c1cnccn1)c1ccccc1. The van der Waals surface area contributed by atoms with Gasteiger partial charge in [-0.3, -0.25) is 14.6 Å². The number of rotatable bonds is 5. The molecule has 0 saturated carbocycles. The summed E-state index contributed by atoms with van der Waals surface area (Å²) < 4.78 is 5.01. The van der Waals surface area contributed by atoms with Crippen molar-refractivity contribution in [2.75, 3.05) is 6.61 Å². The van der Waals surface area contributed by atoms with Crippen LogP contribution in [0.2, 0.25) is 0 Å². The van der Waals surface area contributed by atoms with Crippen molar-refractivity contribution in [1.82, 2.24) is 15.3 Å². The summed E-state index contributed by atoms with van der Waals surface area (Å²) in [6, 6.07) is 8.84. The molecule has 0 spiro atoms. The number of esters is 1. The second-order valence-electron chi connectivity index (χ2n) is 4.33. The van der Waals surface area contributed by atoms with Gasteiger partial charge in [-0.1, -0.05) is 30.3 Å². The van der Waals surface area contributed by atoms with E-state index in [-0.39, 0.29) is 18.2 Å². The Morgan fingerprint density at radius 2 is 2.00 bits per heavy atom. The summed E-state index contributed by atoms with van der Waals surface area (Å²) in [4.78, 5) is 30.9. The maximum atomic E-state index is 12.1. The second-order valence-corrected chi connectivity index (χ2v) is 4.33. The molecule has 1 aromatic carbocycles. The van der Waals surface area contributed by atoms with Crippen LogP contribution in [0.4, 0.5) is 0 Å². The molecule has 6 heteroatoms. The molecule has 0 fully saturated rings. The van der Waals surface area contributed by atoms with Gasteiger partial charge in [0.15, 0.2) is 0 Å². The van der Waals surface area contributed by atoms with E-state index in [0.717, 1.165) is 5.56 Å². The van der Waals surface area contributed by atoms with Crippen LogP contribution in [0.3, 0.4) is 0 Å². The number of amides is 1. The molecule has 0 bridgehead atoms. The smallest absolute Gasteiger partial charge is 0.302 e. The Morgan fingerprint density at radius 1 is 1.24 bits per heavy atom. The first-order chi connectivity index (χ1) is 10.2. The first kappa shape index (κ1) is 14.6. The fourth-order valence-corrected chi connectivity index (χ4v) is 1.76. The average Bonchev–Trinajstić information content (AvgIpc) is 2.52. The van der Waals surface area contributed by atoms with Gasteiger partial charge in [-0.15, -0.1) is 0 Å². The fraction of sp³-hybridized carbons (Fsp3) is 0.200. The van der Waals surface area contributed by atoms with E-state index >= 15 is 0 Å². The van der Waals surface area contributed by atoms with Crippen LogP contribution >= 0.6 is 0 Å². The van der Waals surface area contributed by atoms with Gasteiger partial charge in [-0.05, 0) is 5.56 Å². The Labute approximate surface area is 122 Å². The van der Waals surface area contributed by atoms with Gasteiger partial charge < -0.3 is 10.1 Å². The molecule has 2 rings (SSSR count). The van der Waals surface area contributed by atoms with Crippen molar-refractivity contribution in [3.63, 3.8) is 0 Å². The van der Waals surface area contributed by atoms with Crippen LogP contribution < -0.4 is 5.32 Å². The highest BCUT2D eigenvalue weighted by Crippen LogP contribution is 2.13. The highest BCUT2D eigenvalue weighted by atomic mass is 16.5. The van der Waals surface area contributed by atoms with Gasteiger partial charge in [-0.25, -0.2) is 4.98 Å². The predicted octanol–water partition coefficient (Wildman–Crippen LogP) is 1.51. The minimum Gasteiger partial charge on any atom is -0.463 e. The molecule has 1 heterocycles. The fourth-order valence-electron chi connectivity index (χ4n) is 1.76. The molecule has 1 unspecified atom stereocenters. The lowest BCUT2D eigenvalue weighted by Gasteiger charge is -2.18. The molecule has 6 nitrogen and oxygen atoms in total. The normalized spacial score (nSPS) is 11.5. The summed E-state index contributed by atoms with van der Waals surface area (Å²) in [5.74, 6) is -0.770. The molecular formula is C15H15N3O3. The summed E-state index contributed by atoms with van der Waals surface area (Å²) in [5, 5.41) is 2.79. The zero-order valence-electron chi connectivity index (χ0n) is 11.5. The summed E-state index contributed by atoms with van der Waals surface area (Å²) >= 11 is 0. The van der Waals surface area contributed by atoms with Gasteiger partial charge in [0, 0.05) is 19.3 Å². The van der Waals surface area contributed by atoms with Crippen LogP contribution in [0.5, 0.6) is 0 Å². The topological polar surface area (TPSA) is 81.2 Å². The van der Waals surface area contributed by atoms with Gasteiger partial charge in [-0.2, -0.15) is 0 Å². The monoisotopic (exact) mass is 285 g/mol. The Kier molecular flexibility index (Phi) is 4.98. The molecule has 0 radical (unpaired) electrons. The predicted molar refractivity (Wildman–Crippen MR) is 75.3 cm³/mol. The summed E-state index contributed by atoms with van der Waals surface area (Å²) in [6.45, 7) is 1.39. The Hall–Kier alpha value is -2.76. The van der Waals surface area contributed by atoms with Crippen LogP contribution in [0.25, 0.3) is 0 Å². The molecular weight excluding hydrogens is 270 g/mol. The van der Waals surface area contributed by atoms with Crippen LogP contribution in [0.15, 0.2) is 48.9 Å². The standard InChI is InChI=1S/C15H15N3O3/c1-11(19)21-10-14(12-5-3-2-4-6-12)18-15(20)13-9-16-7-8-17-13/h2-9,14H,10H2,1H3,(H,18,20). The zero-order chi connectivity index (χ0) is 15.1. The molecule has 1 aromatic heterocycles. The Balaban J connectivity index is 2.12. The van der Waals surface area contributed by atoms with E-state index in [1.165, 1.54) is 25.5 Å². The third-order valence-corrected chi connectivity index (χ3v) is 2.76. The van der Waals surface area contributed by atoms with Gasteiger partial charge in [0.1, 0.15) is 12.3 Å². The van der Waals surface area contributed by atoms with Crippen molar-refractivity contribution >= 4 is 11.9 Å². The molecule has 0 aliphatic carbocycles. The van der Waals surface area contributed by atoms with Crippen molar-refractivity contribution in [3.8, 4) is 0 Å². The van der Waals surface area contributed by atoms with E-state index in [1.807, 2.05) is 30.3 Å². The van der Waals surface area contributed by atoms with Crippen molar-refractivity contribution in [2.24, 2.45) is 0 Å². The van der Waals surface area contributed by atoms with Gasteiger partial charge in [0.2, 0.25) is 0 Å². The summed E-state index contributed by atoms with van der Waals surface area (Å²) in [7, 11) is 0. The van der Waals surface area contributed by atoms with E-state index in [1.54, 1.807) is 0 Å². The van der Waals surface area contributed by atoms with Gasteiger partial charge in [0.25, 0.3) is 5.91 Å². The third kappa shape index (κ3) is 4.38. The molecule has 108 valence electrons. The van der Waals surface area contributed by atoms with Crippen LogP contribution in [-0.4, -0.2) is 28.5 Å². The molecule has 21 heavy (non-hydrogen) atoms. The lowest BCUT2D eigenvalue weighted by Crippen LogP contribution is -2.32. The Bertz CT molecular complexity index is 602. The molecule has 1 N–H and O–H groups in total. The minimum atomic E-state index is -0.440. The first-order valence-electron chi connectivity index (χ1n) is 6.42. The lowest BCUT2D eigenvalue weighted by atomic mass is 10.1. The first-order valence-corrected chi connectivity index (χ1v) is 6.42. The second kappa shape index (κ2) is 7.14. The average molecular weight is 285 g/mol. The summed E-state index contributed by atoms with van der Waals surface area (Å²) in [5.41, 5.74) is 1.05. The lowest BCUT2D eigenvalue weighted by molar-refractivity contribution is -0.141. The molecule has 0 saturated heterocycles. The molecule has 0 aliphatic rings. The number of hydrogen-bond acceptors (Lipinski definition) is 5. The number of ether oxygens (including phenoxy) is 1. The number of nitrogens with one attached hydrogen (secondary N) is 1. The van der Waals surface area contributed by atoms with Gasteiger partial charge in [0.05, 0.1) is 12.2 Å². The maximum absolute atomic E-state index is 12.1. The molecule has 2 aromatic rings. The number of carbonyl (C=O) groups excluding carboxylic acids is 2. The van der Waals surface area contributed by atoms with E-state index in [2.05, 4.69) is 15.3 Å². The van der Waals surface area contributed by atoms with Crippen molar-refractivity contribution in [1.29, 1.82) is 0 Å². The maximum Gasteiger partial charge on any atom is 0.302 e. The van der Waals surface area contributed by atoms with Crippen molar-refractivity contribution in [3.05, 3.63) is 60.2 Å². The highest BCUT2D eigenvalue weighted by molar-refractivity contribution is 5.92. The van der Waals surface area contributed by atoms with Gasteiger partial charge >= 0.3 is 5.97 Å². The van der Waals surface area contributed by atoms with E-state index in [4.69, 9.17) is 4.74 Å². The van der Waals surface area contributed by atoms with Crippen LogP contribution in [0.1, 0.15) is 29.0 Å². The van der Waals surface area contributed by atoms with Crippen molar-refractivity contribution < 1.29 is 14.3 Å². The molecule has 1 amide bonds. The van der Waals surface area contributed by atoms with Crippen LogP contribution in [-0.2, 0) is 9.53 Å². The zero-order valence-corrected chi connectivity index (χ0v) is 11.5. The number of aromatic nitrogens is 2. The highest BCUT2D eigenvalue weighted by Gasteiger charge is 2.17. The van der Waals surface area contributed by atoms with E-state index in [0.29, 0.717) is 0 Å². The van der Waals surface area contributed by atoms with E-state index in [9.17, 15) is 9.59 Å². The van der Waals surface area contributed by atoms with E-state index < -0.39 is 12.0 Å². The van der Waals surface area contributed by atoms with Crippen LogP contribution in [0, 0.1) is 0 Å². The number of nitrogens with zero attached hydrogens (tertiary/aromatic N) is 2. The Morgan fingerprint density at radius 3 is 2.62 bits per heavy atom. The number of benzene rings is 1. The minimum absolute atomic E-state index is 0.0609. The number of carbonyl (C=O) groups is 2. The van der Waals surface area contributed by atoms with Crippen molar-refractivity contribution in [2.45, 2.75) is 13.0 Å². The molecule has 1 atom stereocenters. The quantitative estimate of drug-likeness (QED) is 0.842. The molecule has 0 aliphatic heterocycles. The number of hydrogen-bond donors (Lipinski definition) is 1.